The number of anilines is 2. The molecule has 2 N–H and O–H groups in total. The Labute approximate surface area is 190 Å². The zero-order valence-electron chi connectivity index (χ0n) is 19.0. The molecule has 11 nitrogen and oxygen atoms in total. The van der Waals surface area contributed by atoms with Gasteiger partial charge in [0, 0.05) is 13.1 Å². The molecule has 1 aliphatic carbocycles. The van der Waals surface area contributed by atoms with E-state index < -0.39 is 11.7 Å². The largest absolute Gasteiger partial charge is 0.450 e. The summed E-state index contributed by atoms with van der Waals surface area (Å²) in [6.07, 6.45) is 3.55. The van der Waals surface area contributed by atoms with E-state index in [1.165, 1.54) is 12.1 Å². The van der Waals surface area contributed by atoms with Gasteiger partial charge < -0.3 is 14.4 Å². The molecule has 2 bridgehead atoms. The Balaban J connectivity index is 1.30. The standard InChI is InChI=1S/C22H28N8O3/c1-4-32-21(31)25-20-23-17(26-27-20)16-14-8-22(16,33-11-14)19-24-18-13(3)7-15(10-30(18)28-19)29-6-5-12(2)9-29/h7,10,12,14,16H,4-6,8-9,11H2,1-3H3,(H2,23,25,26,27,31). The van der Waals surface area contributed by atoms with Crippen LogP contribution in [-0.2, 0) is 15.1 Å². The maximum Gasteiger partial charge on any atom is 0.414 e. The van der Waals surface area contributed by atoms with Crippen LogP contribution in [0.3, 0.4) is 0 Å². The summed E-state index contributed by atoms with van der Waals surface area (Å²) in [5.74, 6) is 2.50. The molecule has 3 aliphatic heterocycles. The molecule has 0 spiro atoms. The van der Waals surface area contributed by atoms with Gasteiger partial charge in [0.15, 0.2) is 11.5 Å². The number of hydrogen-bond acceptors (Lipinski definition) is 8. The Morgan fingerprint density at radius 2 is 2.30 bits per heavy atom. The minimum atomic E-state index is -0.633. The molecule has 0 radical (unpaired) electrons. The number of pyridine rings is 1. The number of hydrogen-bond donors (Lipinski definition) is 2. The summed E-state index contributed by atoms with van der Waals surface area (Å²) >= 11 is 0. The first-order valence-corrected chi connectivity index (χ1v) is 11.6. The minimum Gasteiger partial charge on any atom is -0.450 e. The Morgan fingerprint density at radius 3 is 3.06 bits per heavy atom. The summed E-state index contributed by atoms with van der Waals surface area (Å²) in [5.41, 5.74) is 2.48. The molecule has 4 fully saturated rings. The highest BCUT2D eigenvalue weighted by atomic mass is 16.5. The van der Waals surface area contributed by atoms with Gasteiger partial charge in [-0.25, -0.2) is 14.3 Å². The Morgan fingerprint density at radius 1 is 1.42 bits per heavy atom. The maximum atomic E-state index is 11.7. The van der Waals surface area contributed by atoms with E-state index >= 15 is 0 Å². The van der Waals surface area contributed by atoms with Gasteiger partial charge in [-0.05, 0) is 50.2 Å². The molecule has 174 valence electrons. The van der Waals surface area contributed by atoms with Crippen molar-refractivity contribution < 1.29 is 14.3 Å². The fourth-order valence-corrected chi connectivity index (χ4v) is 5.53. The number of rotatable bonds is 5. The van der Waals surface area contributed by atoms with E-state index in [-0.39, 0.29) is 18.5 Å². The second-order valence-corrected chi connectivity index (χ2v) is 9.46. The molecule has 6 heterocycles. The molecule has 7 rings (SSSR count). The molecule has 4 unspecified atom stereocenters. The SMILES string of the molecule is CCOC(=O)Nc1n[nH]c(C2C3COC2(c2nc4c(C)cc(N5CCC(C)C5)cn4n2)C3)n1. The van der Waals surface area contributed by atoms with E-state index in [9.17, 15) is 4.79 Å². The summed E-state index contributed by atoms with van der Waals surface area (Å²) in [5, 5.41) is 14.5. The number of nitrogens with zero attached hydrogens (tertiary/aromatic N) is 6. The first-order valence-electron chi connectivity index (χ1n) is 11.6. The van der Waals surface area contributed by atoms with Gasteiger partial charge in [-0.3, -0.25) is 10.4 Å². The molecule has 3 saturated heterocycles. The molecule has 1 amide bonds. The van der Waals surface area contributed by atoms with E-state index in [0.717, 1.165) is 30.7 Å². The Bertz CT molecular complexity index is 1220. The number of H-pyrrole nitrogens is 1. The number of carbonyl (C=O) groups is 1. The summed E-state index contributed by atoms with van der Waals surface area (Å²) in [6.45, 7) is 9.15. The zero-order valence-corrected chi connectivity index (χ0v) is 19.0. The molecule has 4 aliphatic rings. The summed E-state index contributed by atoms with van der Waals surface area (Å²) < 4.78 is 13.1. The van der Waals surface area contributed by atoms with Crippen LogP contribution in [0.1, 0.15) is 49.8 Å². The topological polar surface area (TPSA) is 123 Å². The number of aryl methyl sites for hydroxylation is 1. The van der Waals surface area contributed by atoms with E-state index in [1.807, 2.05) is 4.52 Å². The highest BCUT2D eigenvalue weighted by Gasteiger charge is 2.66. The van der Waals surface area contributed by atoms with Crippen LogP contribution in [-0.4, -0.2) is 62.2 Å². The fraction of sp³-hybridized carbons (Fsp3) is 0.591. The van der Waals surface area contributed by atoms with Crippen molar-refractivity contribution in [1.29, 1.82) is 0 Å². The van der Waals surface area contributed by atoms with Crippen molar-refractivity contribution in [2.75, 3.05) is 36.5 Å². The van der Waals surface area contributed by atoms with Crippen LogP contribution in [0, 0.1) is 18.8 Å². The highest BCUT2D eigenvalue weighted by molar-refractivity contribution is 5.82. The minimum absolute atomic E-state index is 0.0423. The van der Waals surface area contributed by atoms with Gasteiger partial charge in [0.1, 0.15) is 11.4 Å². The second kappa shape index (κ2) is 7.41. The third-order valence-electron chi connectivity index (χ3n) is 7.15. The normalized spacial score (nSPS) is 28.3. The Kier molecular flexibility index (Phi) is 4.58. The van der Waals surface area contributed by atoms with Gasteiger partial charge in [-0.2, -0.15) is 4.98 Å². The van der Waals surface area contributed by atoms with Crippen LogP contribution in [0.4, 0.5) is 16.4 Å². The molecular weight excluding hydrogens is 424 g/mol. The monoisotopic (exact) mass is 452 g/mol. The average Bonchev–Trinajstić information content (AvgIpc) is 3.56. The Hall–Kier alpha value is -3.21. The molecule has 1 saturated carbocycles. The number of ether oxygens (including phenoxy) is 2. The molecule has 33 heavy (non-hydrogen) atoms. The summed E-state index contributed by atoms with van der Waals surface area (Å²) in [4.78, 5) is 23.5. The first kappa shape index (κ1) is 20.4. The number of aromatic amines is 1. The van der Waals surface area contributed by atoms with Gasteiger partial charge in [0.2, 0.25) is 0 Å². The molecule has 0 aromatic carbocycles. The van der Waals surface area contributed by atoms with Gasteiger partial charge in [-0.1, -0.05) is 6.92 Å². The van der Waals surface area contributed by atoms with E-state index in [1.54, 1.807) is 6.92 Å². The smallest absolute Gasteiger partial charge is 0.414 e. The lowest BCUT2D eigenvalue weighted by Crippen LogP contribution is -2.44. The average molecular weight is 453 g/mol. The van der Waals surface area contributed by atoms with Gasteiger partial charge in [-0.15, -0.1) is 10.2 Å². The van der Waals surface area contributed by atoms with Crippen molar-refractivity contribution in [1.82, 2.24) is 29.8 Å². The molecular formula is C22H28N8O3. The van der Waals surface area contributed by atoms with Gasteiger partial charge in [0.25, 0.3) is 5.95 Å². The number of nitrogens with one attached hydrogen (secondary N) is 2. The lowest BCUT2D eigenvalue weighted by atomic mass is 9.63. The van der Waals surface area contributed by atoms with Crippen LogP contribution < -0.4 is 10.2 Å². The van der Waals surface area contributed by atoms with Crippen LogP contribution in [0.25, 0.3) is 5.65 Å². The van der Waals surface area contributed by atoms with Crippen LogP contribution in [0.15, 0.2) is 12.3 Å². The van der Waals surface area contributed by atoms with Crippen molar-refractivity contribution in [3.8, 4) is 0 Å². The summed E-state index contributed by atoms with van der Waals surface area (Å²) in [7, 11) is 0. The molecule has 3 aromatic rings. The fourth-order valence-electron chi connectivity index (χ4n) is 5.53. The van der Waals surface area contributed by atoms with E-state index in [2.05, 4.69) is 51.5 Å². The highest BCUT2D eigenvalue weighted by Crippen LogP contribution is 2.63. The maximum absolute atomic E-state index is 11.7. The van der Waals surface area contributed by atoms with Crippen molar-refractivity contribution in [2.45, 2.75) is 45.1 Å². The number of carbonyl (C=O) groups excluding carboxylic acids is 1. The van der Waals surface area contributed by atoms with Crippen molar-refractivity contribution in [2.24, 2.45) is 11.8 Å². The van der Waals surface area contributed by atoms with Crippen LogP contribution in [0.2, 0.25) is 0 Å². The van der Waals surface area contributed by atoms with Crippen LogP contribution in [0.5, 0.6) is 0 Å². The van der Waals surface area contributed by atoms with E-state index in [0.29, 0.717) is 30.1 Å². The molecule has 11 heteroatoms. The second-order valence-electron chi connectivity index (χ2n) is 9.46. The molecule has 3 aromatic heterocycles. The number of aromatic nitrogens is 6. The quantitative estimate of drug-likeness (QED) is 0.606. The third-order valence-corrected chi connectivity index (χ3v) is 7.15. The number of fused-ring (bicyclic) bond motifs is 2. The van der Waals surface area contributed by atoms with Gasteiger partial charge in [0.05, 0.1) is 31.0 Å². The summed E-state index contributed by atoms with van der Waals surface area (Å²) in [6, 6.07) is 2.20. The van der Waals surface area contributed by atoms with Crippen LogP contribution >= 0.6 is 0 Å². The predicted octanol–water partition coefficient (Wildman–Crippen LogP) is 2.60. The molecule has 4 atom stereocenters. The van der Waals surface area contributed by atoms with Crippen molar-refractivity contribution in [3.05, 3.63) is 29.5 Å². The zero-order chi connectivity index (χ0) is 22.7. The third kappa shape index (κ3) is 3.17. The first-order chi connectivity index (χ1) is 16.0. The number of amides is 1. The lowest BCUT2D eigenvalue weighted by molar-refractivity contribution is -0.0344. The van der Waals surface area contributed by atoms with E-state index in [4.69, 9.17) is 19.6 Å². The lowest BCUT2D eigenvalue weighted by Gasteiger charge is -2.41. The predicted molar refractivity (Wildman–Crippen MR) is 119 cm³/mol. The van der Waals surface area contributed by atoms with Crippen molar-refractivity contribution in [3.63, 3.8) is 0 Å². The van der Waals surface area contributed by atoms with Crippen molar-refractivity contribution >= 4 is 23.4 Å². The van der Waals surface area contributed by atoms with Gasteiger partial charge >= 0.3 is 6.09 Å².